The van der Waals surface area contributed by atoms with Gasteiger partial charge in [-0.05, 0) is 41.6 Å². The number of piperidine rings is 1. The Balaban J connectivity index is 0.00000156. The second-order valence-corrected chi connectivity index (χ2v) is 6.72. The van der Waals surface area contributed by atoms with Gasteiger partial charge in [0.2, 0.25) is 0 Å². The maximum Gasteiger partial charge on any atom is 0.263 e. The zero-order valence-corrected chi connectivity index (χ0v) is 14.8. The quantitative estimate of drug-likeness (QED) is 0.822. The molecule has 2 aliphatic heterocycles. The average molecular weight is 402 g/mol. The van der Waals surface area contributed by atoms with Crippen molar-refractivity contribution in [2.24, 2.45) is 0 Å². The molecule has 3 N–H and O–H groups in total. The smallest absolute Gasteiger partial charge is 0.263 e. The summed E-state index contributed by atoms with van der Waals surface area (Å²) in [6.07, 6.45) is 9.94. The molecule has 3 atom stereocenters. The lowest BCUT2D eigenvalue weighted by atomic mass is 10.0. The van der Waals surface area contributed by atoms with E-state index in [1.807, 2.05) is 10.9 Å². The number of ether oxygens (including phenoxy) is 1. The highest BCUT2D eigenvalue weighted by Gasteiger charge is 2.34. The van der Waals surface area contributed by atoms with Crippen molar-refractivity contribution in [1.82, 2.24) is 25.1 Å². The topological polar surface area (TPSA) is 90.9 Å². The fourth-order valence-electron chi connectivity index (χ4n) is 3.36. The Hall–Kier alpha value is -1.38. The third kappa shape index (κ3) is 3.44. The first-order valence-corrected chi connectivity index (χ1v) is 8.23. The zero-order chi connectivity index (χ0) is 15.1. The van der Waals surface area contributed by atoms with E-state index in [4.69, 9.17) is 10.5 Å². The van der Waals surface area contributed by atoms with Gasteiger partial charge in [0.25, 0.3) is 5.88 Å². The molecule has 0 radical (unpaired) electrons. The molecule has 2 saturated heterocycles. The molecule has 23 heavy (non-hydrogen) atoms. The average Bonchev–Trinajstić information content (AvgIpc) is 3.10. The van der Waals surface area contributed by atoms with Crippen LogP contribution in [0.25, 0.3) is 0 Å². The molecule has 4 heterocycles. The maximum atomic E-state index is 5.78. The van der Waals surface area contributed by atoms with Crippen LogP contribution in [0.15, 0.2) is 23.2 Å². The van der Waals surface area contributed by atoms with E-state index in [1.54, 1.807) is 6.20 Å². The number of nitrogens with two attached hydrogens (primary N) is 1. The van der Waals surface area contributed by atoms with Gasteiger partial charge in [0.15, 0.2) is 11.6 Å². The minimum absolute atomic E-state index is 0. The molecular weight excluding hydrogens is 384 g/mol. The summed E-state index contributed by atoms with van der Waals surface area (Å²) in [6, 6.07) is 1.69. The van der Waals surface area contributed by atoms with Crippen LogP contribution in [0.4, 0.5) is 5.82 Å². The standard InChI is InChI=1S/C14H17BrN6O.ClH/c15-12-6-17-13(16)14(20-12)22-11-5-18-21(7-11)10-3-8-1-2-9(4-10)19-8;/h5-10,19H,1-4H2,(H2,16,17);1H/t8-,9+,10?;. The van der Waals surface area contributed by atoms with Crippen LogP contribution in [0.2, 0.25) is 0 Å². The van der Waals surface area contributed by atoms with E-state index in [2.05, 4.69) is 36.3 Å². The van der Waals surface area contributed by atoms with Gasteiger partial charge in [0, 0.05) is 12.1 Å². The van der Waals surface area contributed by atoms with E-state index in [9.17, 15) is 0 Å². The van der Waals surface area contributed by atoms with Crippen molar-refractivity contribution in [3.05, 3.63) is 23.2 Å². The first-order valence-electron chi connectivity index (χ1n) is 7.43. The number of anilines is 1. The zero-order valence-electron chi connectivity index (χ0n) is 12.4. The van der Waals surface area contributed by atoms with Crippen LogP contribution in [-0.4, -0.2) is 31.8 Å². The third-order valence-electron chi connectivity index (χ3n) is 4.35. The van der Waals surface area contributed by atoms with Crippen molar-refractivity contribution in [3.8, 4) is 11.6 Å². The summed E-state index contributed by atoms with van der Waals surface area (Å²) in [5.74, 6) is 1.18. The summed E-state index contributed by atoms with van der Waals surface area (Å²) in [4.78, 5) is 8.19. The Morgan fingerprint density at radius 3 is 2.74 bits per heavy atom. The van der Waals surface area contributed by atoms with Crippen molar-refractivity contribution in [2.45, 2.75) is 43.8 Å². The predicted molar refractivity (Wildman–Crippen MR) is 91.9 cm³/mol. The van der Waals surface area contributed by atoms with E-state index >= 15 is 0 Å². The first kappa shape index (κ1) is 16.5. The molecule has 9 heteroatoms. The molecule has 4 rings (SSSR count). The Labute approximate surface area is 148 Å². The molecule has 7 nitrogen and oxygen atoms in total. The number of aromatic nitrogens is 4. The van der Waals surface area contributed by atoms with Gasteiger partial charge in [-0.2, -0.15) is 5.10 Å². The highest BCUT2D eigenvalue weighted by atomic mass is 79.9. The molecular formula is C14H18BrClN6O. The van der Waals surface area contributed by atoms with Crippen LogP contribution >= 0.6 is 28.3 Å². The number of hydrogen-bond donors (Lipinski definition) is 2. The molecule has 0 aliphatic carbocycles. The summed E-state index contributed by atoms with van der Waals surface area (Å²) < 4.78 is 8.29. The van der Waals surface area contributed by atoms with Gasteiger partial charge in [-0.25, -0.2) is 9.97 Å². The number of rotatable bonds is 3. The molecule has 0 spiro atoms. The Morgan fingerprint density at radius 1 is 1.26 bits per heavy atom. The lowest BCUT2D eigenvalue weighted by molar-refractivity contribution is 0.281. The van der Waals surface area contributed by atoms with Crippen LogP contribution in [0.1, 0.15) is 31.7 Å². The van der Waals surface area contributed by atoms with Crippen molar-refractivity contribution < 1.29 is 4.74 Å². The molecule has 2 aromatic rings. The number of nitrogens with one attached hydrogen (secondary N) is 1. The lowest BCUT2D eigenvalue weighted by Gasteiger charge is -2.29. The largest absolute Gasteiger partial charge is 0.433 e. The second kappa shape index (κ2) is 6.62. The Morgan fingerprint density at radius 2 is 2.00 bits per heavy atom. The van der Waals surface area contributed by atoms with Gasteiger partial charge < -0.3 is 15.8 Å². The van der Waals surface area contributed by atoms with Crippen LogP contribution < -0.4 is 15.8 Å². The molecule has 124 valence electrons. The molecule has 2 aliphatic rings. The highest BCUT2D eigenvalue weighted by molar-refractivity contribution is 9.10. The molecule has 2 bridgehead atoms. The van der Waals surface area contributed by atoms with E-state index < -0.39 is 0 Å². The monoisotopic (exact) mass is 400 g/mol. The van der Waals surface area contributed by atoms with E-state index in [0.29, 0.717) is 34.4 Å². The highest BCUT2D eigenvalue weighted by Crippen LogP contribution is 2.34. The number of hydrogen-bond acceptors (Lipinski definition) is 6. The molecule has 2 fully saturated rings. The van der Waals surface area contributed by atoms with E-state index in [-0.39, 0.29) is 18.2 Å². The van der Waals surface area contributed by atoms with E-state index in [1.165, 1.54) is 19.0 Å². The molecule has 0 saturated carbocycles. The van der Waals surface area contributed by atoms with Gasteiger partial charge in [0.1, 0.15) is 4.60 Å². The van der Waals surface area contributed by atoms with Gasteiger partial charge in [-0.1, -0.05) is 0 Å². The summed E-state index contributed by atoms with van der Waals surface area (Å²) in [7, 11) is 0. The van der Waals surface area contributed by atoms with Crippen molar-refractivity contribution >= 4 is 34.2 Å². The number of halogens is 2. The fourth-order valence-corrected chi connectivity index (χ4v) is 3.63. The van der Waals surface area contributed by atoms with Crippen molar-refractivity contribution in [2.75, 3.05) is 5.73 Å². The van der Waals surface area contributed by atoms with Gasteiger partial charge in [-0.3, -0.25) is 4.68 Å². The fraction of sp³-hybridized carbons (Fsp3) is 0.500. The lowest BCUT2D eigenvalue weighted by Crippen LogP contribution is -2.38. The maximum absolute atomic E-state index is 5.78. The van der Waals surface area contributed by atoms with Crippen LogP contribution in [0.3, 0.4) is 0 Å². The van der Waals surface area contributed by atoms with Crippen molar-refractivity contribution in [3.63, 3.8) is 0 Å². The molecule has 2 aromatic heterocycles. The van der Waals surface area contributed by atoms with Crippen LogP contribution in [0.5, 0.6) is 11.6 Å². The molecule has 1 unspecified atom stereocenters. The predicted octanol–water partition coefficient (Wildman–Crippen LogP) is 2.69. The minimum atomic E-state index is 0. The van der Waals surface area contributed by atoms with Gasteiger partial charge in [-0.15, -0.1) is 12.4 Å². The molecule has 0 amide bonds. The number of nitrogens with zero attached hydrogens (tertiary/aromatic N) is 4. The van der Waals surface area contributed by atoms with Crippen LogP contribution in [-0.2, 0) is 0 Å². The Kier molecular flexibility index (Phi) is 4.74. The minimum Gasteiger partial charge on any atom is -0.433 e. The van der Waals surface area contributed by atoms with Gasteiger partial charge >= 0.3 is 0 Å². The Bertz CT molecular complexity index is 684. The third-order valence-corrected chi connectivity index (χ3v) is 4.73. The van der Waals surface area contributed by atoms with Crippen LogP contribution in [0, 0.1) is 0 Å². The summed E-state index contributed by atoms with van der Waals surface area (Å²) in [6.45, 7) is 0. The summed E-state index contributed by atoms with van der Waals surface area (Å²) in [5, 5.41) is 8.09. The van der Waals surface area contributed by atoms with Gasteiger partial charge in [0.05, 0.1) is 24.6 Å². The second-order valence-electron chi connectivity index (χ2n) is 5.90. The first-order chi connectivity index (χ1) is 10.7. The number of nitrogen functional groups attached to an aromatic ring is 1. The SMILES string of the molecule is Cl.Nc1ncc(Br)nc1Oc1cnn(C2C[C@H]3CC[C@@H](C2)N3)c1. The van der Waals surface area contributed by atoms with E-state index in [0.717, 1.165) is 12.8 Å². The van der Waals surface area contributed by atoms with Crippen molar-refractivity contribution in [1.29, 1.82) is 0 Å². The number of fused-ring (bicyclic) bond motifs is 2. The normalized spacial score (nSPS) is 25.9. The molecule has 0 aromatic carbocycles. The summed E-state index contributed by atoms with van der Waals surface area (Å²) in [5.41, 5.74) is 5.78. The summed E-state index contributed by atoms with van der Waals surface area (Å²) >= 11 is 3.26.